The van der Waals surface area contributed by atoms with E-state index in [4.69, 9.17) is 0 Å². The van der Waals surface area contributed by atoms with Gasteiger partial charge in [-0.2, -0.15) is 0 Å². The Morgan fingerprint density at radius 1 is 1.26 bits per heavy atom. The van der Waals surface area contributed by atoms with Crippen LogP contribution in [0.3, 0.4) is 0 Å². The summed E-state index contributed by atoms with van der Waals surface area (Å²) in [6.45, 7) is 10.5. The number of rotatable bonds is 7. The second-order valence-electron chi connectivity index (χ2n) is 6.04. The Balaban J connectivity index is 2.24. The number of allylic oxidation sites excluding steroid dienone is 7. The fraction of sp³-hybridized carbons (Fsp3) is 0.579. The summed E-state index contributed by atoms with van der Waals surface area (Å²) in [6.07, 6.45) is 18.0. The highest BCUT2D eigenvalue weighted by Crippen LogP contribution is 2.27. The lowest BCUT2D eigenvalue weighted by Gasteiger charge is -2.18. The molecule has 0 fully saturated rings. The Kier molecular flexibility index (Phi) is 7.55. The van der Waals surface area contributed by atoms with Crippen LogP contribution in [0, 0.1) is 5.92 Å². The molecule has 19 heavy (non-hydrogen) atoms. The van der Waals surface area contributed by atoms with Gasteiger partial charge in [0.15, 0.2) is 0 Å². The highest BCUT2D eigenvalue weighted by molar-refractivity contribution is 5.10. The summed E-state index contributed by atoms with van der Waals surface area (Å²) in [6, 6.07) is 0. The fourth-order valence-corrected chi connectivity index (χ4v) is 2.54. The van der Waals surface area contributed by atoms with Crippen LogP contribution in [0.2, 0.25) is 0 Å². The lowest BCUT2D eigenvalue weighted by molar-refractivity contribution is 0.557. The molecule has 0 nitrogen and oxygen atoms in total. The van der Waals surface area contributed by atoms with Crippen LogP contribution < -0.4 is 0 Å². The van der Waals surface area contributed by atoms with Crippen molar-refractivity contribution in [2.45, 2.75) is 65.7 Å². The molecule has 0 heteroatoms. The molecule has 1 unspecified atom stereocenters. The molecule has 0 N–H and O–H groups in total. The molecule has 0 saturated heterocycles. The summed E-state index contributed by atoms with van der Waals surface area (Å²) in [5.41, 5.74) is 4.63. The van der Waals surface area contributed by atoms with Crippen LogP contribution >= 0.6 is 0 Å². The van der Waals surface area contributed by atoms with Gasteiger partial charge in [0.25, 0.3) is 0 Å². The molecule has 0 aromatic rings. The molecule has 0 heterocycles. The van der Waals surface area contributed by atoms with Crippen molar-refractivity contribution in [1.82, 2.24) is 0 Å². The molecule has 0 bridgehead atoms. The van der Waals surface area contributed by atoms with E-state index in [-0.39, 0.29) is 0 Å². The van der Waals surface area contributed by atoms with Gasteiger partial charge in [-0.1, -0.05) is 41.0 Å². The molecule has 1 rings (SSSR count). The zero-order chi connectivity index (χ0) is 14.1. The van der Waals surface area contributed by atoms with Gasteiger partial charge in [0.2, 0.25) is 0 Å². The van der Waals surface area contributed by atoms with Crippen molar-refractivity contribution in [1.29, 1.82) is 0 Å². The van der Waals surface area contributed by atoms with Gasteiger partial charge in [-0.25, -0.2) is 0 Å². The fourth-order valence-electron chi connectivity index (χ4n) is 2.54. The third-order valence-corrected chi connectivity index (χ3v) is 3.93. The Hall–Kier alpha value is -1.04. The van der Waals surface area contributed by atoms with Gasteiger partial charge in [-0.15, -0.1) is 6.58 Å². The predicted molar refractivity (Wildman–Crippen MR) is 87.3 cm³/mol. The van der Waals surface area contributed by atoms with Crippen LogP contribution in [0.15, 0.2) is 47.6 Å². The van der Waals surface area contributed by atoms with Crippen LogP contribution in [0.5, 0.6) is 0 Å². The van der Waals surface area contributed by atoms with Crippen molar-refractivity contribution >= 4 is 0 Å². The molecule has 0 aromatic heterocycles. The zero-order valence-electron chi connectivity index (χ0n) is 13.0. The summed E-state index contributed by atoms with van der Waals surface area (Å²) in [5.74, 6) is 0.727. The smallest absolute Gasteiger partial charge is 0.0198 e. The van der Waals surface area contributed by atoms with Gasteiger partial charge in [0.05, 0.1) is 0 Å². The average molecular weight is 258 g/mol. The molecule has 1 aliphatic carbocycles. The van der Waals surface area contributed by atoms with Crippen LogP contribution in [-0.2, 0) is 0 Å². The molecule has 0 saturated carbocycles. The second kappa shape index (κ2) is 8.96. The molecule has 0 aromatic carbocycles. The van der Waals surface area contributed by atoms with E-state index in [1.807, 2.05) is 0 Å². The van der Waals surface area contributed by atoms with E-state index in [0.29, 0.717) is 0 Å². The van der Waals surface area contributed by atoms with E-state index in [0.717, 1.165) is 5.92 Å². The van der Waals surface area contributed by atoms with E-state index in [1.54, 1.807) is 5.57 Å². The summed E-state index contributed by atoms with van der Waals surface area (Å²) >= 11 is 0. The van der Waals surface area contributed by atoms with Gasteiger partial charge < -0.3 is 0 Å². The Bertz CT molecular complexity index is 361. The van der Waals surface area contributed by atoms with Crippen molar-refractivity contribution in [3.63, 3.8) is 0 Å². The first-order valence-electron chi connectivity index (χ1n) is 7.71. The van der Waals surface area contributed by atoms with Gasteiger partial charge in [0, 0.05) is 0 Å². The summed E-state index contributed by atoms with van der Waals surface area (Å²) in [5, 5.41) is 0. The summed E-state index contributed by atoms with van der Waals surface area (Å²) in [7, 11) is 0. The minimum absolute atomic E-state index is 0.727. The van der Waals surface area contributed by atoms with Crippen molar-refractivity contribution in [2.24, 2.45) is 5.92 Å². The third-order valence-electron chi connectivity index (χ3n) is 3.93. The molecule has 106 valence electrons. The maximum absolute atomic E-state index is 3.89. The second-order valence-corrected chi connectivity index (χ2v) is 6.04. The van der Waals surface area contributed by atoms with E-state index in [2.05, 4.69) is 51.7 Å². The first kappa shape index (κ1) is 16.0. The first-order chi connectivity index (χ1) is 9.11. The SMILES string of the molecule is C=CC1CC=C(CC/C=C(\C)CCC=C(C)C)CC1. The van der Waals surface area contributed by atoms with Crippen molar-refractivity contribution in [3.8, 4) is 0 Å². The standard InChI is InChI=1S/C19H30/c1-5-18-12-14-19(15-13-18)11-7-10-17(4)9-6-8-16(2)3/h5,8,10,14,18H,1,6-7,9,11-13,15H2,2-4H3/b17-10+. The largest absolute Gasteiger partial charge is 0.103 e. The monoisotopic (exact) mass is 258 g/mol. The average Bonchev–Trinajstić information content (AvgIpc) is 2.39. The lowest BCUT2D eigenvalue weighted by Crippen LogP contribution is -2.02. The highest BCUT2D eigenvalue weighted by Gasteiger charge is 2.10. The van der Waals surface area contributed by atoms with Gasteiger partial charge in [-0.3, -0.25) is 0 Å². The maximum atomic E-state index is 3.89. The lowest BCUT2D eigenvalue weighted by atomic mass is 9.88. The molecular formula is C19H30. The highest BCUT2D eigenvalue weighted by atomic mass is 14.2. The quantitative estimate of drug-likeness (QED) is 0.465. The Morgan fingerprint density at radius 3 is 2.63 bits per heavy atom. The van der Waals surface area contributed by atoms with Crippen molar-refractivity contribution in [3.05, 3.63) is 47.6 Å². The van der Waals surface area contributed by atoms with Gasteiger partial charge in [0.1, 0.15) is 0 Å². The van der Waals surface area contributed by atoms with Crippen molar-refractivity contribution < 1.29 is 0 Å². The van der Waals surface area contributed by atoms with E-state index in [9.17, 15) is 0 Å². The predicted octanol–water partition coefficient (Wildman–Crippen LogP) is 6.37. The van der Waals surface area contributed by atoms with E-state index >= 15 is 0 Å². The zero-order valence-corrected chi connectivity index (χ0v) is 13.0. The Labute approximate surface area is 120 Å². The molecular weight excluding hydrogens is 228 g/mol. The molecule has 0 amide bonds. The summed E-state index contributed by atoms with van der Waals surface area (Å²) in [4.78, 5) is 0. The van der Waals surface area contributed by atoms with Crippen LogP contribution in [0.4, 0.5) is 0 Å². The topological polar surface area (TPSA) is 0 Å². The molecule has 0 radical (unpaired) electrons. The minimum atomic E-state index is 0.727. The van der Waals surface area contributed by atoms with Gasteiger partial charge in [-0.05, 0) is 71.6 Å². The number of hydrogen-bond acceptors (Lipinski definition) is 0. The third kappa shape index (κ3) is 7.20. The van der Waals surface area contributed by atoms with E-state index in [1.165, 1.54) is 56.1 Å². The number of hydrogen-bond donors (Lipinski definition) is 0. The molecule has 0 spiro atoms. The minimum Gasteiger partial charge on any atom is -0.103 e. The summed E-state index contributed by atoms with van der Waals surface area (Å²) < 4.78 is 0. The molecule has 0 aliphatic heterocycles. The van der Waals surface area contributed by atoms with Crippen LogP contribution in [0.1, 0.15) is 65.7 Å². The van der Waals surface area contributed by atoms with Crippen molar-refractivity contribution in [2.75, 3.05) is 0 Å². The van der Waals surface area contributed by atoms with Gasteiger partial charge >= 0.3 is 0 Å². The van der Waals surface area contributed by atoms with Crippen LogP contribution in [0.25, 0.3) is 0 Å². The molecule has 1 atom stereocenters. The van der Waals surface area contributed by atoms with E-state index < -0.39 is 0 Å². The normalized spacial score (nSPS) is 19.8. The first-order valence-corrected chi connectivity index (χ1v) is 7.71. The van der Waals surface area contributed by atoms with Crippen LogP contribution in [-0.4, -0.2) is 0 Å². The maximum Gasteiger partial charge on any atom is -0.0198 e. The Morgan fingerprint density at radius 2 is 2.05 bits per heavy atom. The molecule has 1 aliphatic rings.